The van der Waals surface area contributed by atoms with Crippen LogP contribution in [0.2, 0.25) is 0 Å². The Hall–Kier alpha value is -1.36. The van der Waals surface area contributed by atoms with Crippen LogP contribution in [0, 0.1) is 0 Å². The molecular formula is C9H9NO3S. The van der Waals surface area contributed by atoms with E-state index in [2.05, 4.69) is 5.16 Å². The number of benzene rings is 1. The molecule has 0 bridgehead atoms. The second kappa shape index (κ2) is 3.42. The molecule has 0 saturated heterocycles. The molecule has 1 aliphatic rings. The molecule has 0 aliphatic carbocycles. The highest BCUT2D eigenvalue weighted by atomic mass is 32.2. The van der Waals surface area contributed by atoms with Crippen LogP contribution in [-0.4, -0.2) is 20.1 Å². The van der Waals surface area contributed by atoms with Crippen molar-refractivity contribution >= 4 is 16.1 Å². The third kappa shape index (κ3) is 1.50. The zero-order valence-electron chi connectivity index (χ0n) is 7.33. The summed E-state index contributed by atoms with van der Waals surface area (Å²) in [7, 11) is -3.39. The van der Waals surface area contributed by atoms with Crippen molar-refractivity contribution in [3.63, 3.8) is 0 Å². The average Bonchev–Trinajstić information content (AvgIpc) is 2.72. The summed E-state index contributed by atoms with van der Waals surface area (Å²) in [4.78, 5) is 5.03. The van der Waals surface area contributed by atoms with E-state index in [1.54, 1.807) is 30.3 Å². The summed E-state index contributed by atoms with van der Waals surface area (Å²) in [6.45, 7) is 0. The Balaban J connectivity index is 2.34. The summed E-state index contributed by atoms with van der Waals surface area (Å²) in [6, 6.07) is 8.24. The van der Waals surface area contributed by atoms with Gasteiger partial charge in [0.2, 0.25) is 15.3 Å². The molecule has 0 N–H and O–H groups in total. The Bertz CT molecular complexity index is 430. The van der Waals surface area contributed by atoms with E-state index in [1.807, 2.05) is 0 Å². The molecule has 14 heavy (non-hydrogen) atoms. The van der Waals surface area contributed by atoms with E-state index in [-0.39, 0.29) is 4.90 Å². The predicted molar refractivity (Wildman–Crippen MR) is 51.6 cm³/mol. The van der Waals surface area contributed by atoms with Crippen LogP contribution in [-0.2, 0) is 14.7 Å². The van der Waals surface area contributed by atoms with Gasteiger partial charge in [0.15, 0.2) is 0 Å². The van der Waals surface area contributed by atoms with Gasteiger partial charge in [0, 0.05) is 12.6 Å². The first-order valence-electron chi connectivity index (χ1n) is 4.18. The maximum absolute atomic E-state index is 11.8. The third-order valence-electron chi connectivity index (χ3n) is 1.97. The van der Waals surface area contributed by atoms with Gasteiger partial charge in [-0.15, -0.1) is 0 Å². The highest BCUT2D eigenvalue weighted by molar-refractivity contribution is 7.92. The lowest BCUT2D eigenvalue weighted by Gasteiger charge is -2.08. The van der Waals surface area contributed by atoms with Gasteiger partial charge in [0.1, 0.15) is 0 Å². The lowest BCUT2D eigenvalue weighted by molar-refractivity contribution is 0.140. The van der Waals surface area contributed by atoms with Crippen molar-refractivity contribution in [2.45, 2.75) is 16.8 Å². The fourth-order valence-electron chi connectivity index (χ4n) is 1.23. The molecule has 1 heterocycles. The number of hydrogen-bond acceptors (Lipinski definition) is 4. The normalized spacial score (nSPS) is 20.7. The van der Waals surface area contributed by atoms with Crippen LogP contribution in [0.15, 0.2) is 40.4 Å². The summed E-state index contributed by atoms with van der Waals surface area (Å²) < 4.78 is 23.7. The van der Waals surface area contributed by atoms with Crippen LogP contribution < -0.4 is 0 Å². The monoisotopic (exact) mass is 211 g/mol. The maximum atomic E-state index is 11.8. The molecule has 0 amide bonds. The molecule has 0 spiro atoms. The van der Waals surface area contributed by atoms with E-state index in [4.69, 9.17) is 4.84 Å². The lowest BCUT2D eigenvalue weighted by Crippen LogP contribution is -2.20. The summed E-state index contributed by atoms with van der Waals surface area (Å²) >= 11 is 0. The number of rotatable bonds is 2. The van der Waals surface area contributed by atoms with E-state index in [0.717, 1.165) is 0 Å². The van der Waals surface area contributed by atoms with Crippen LogP contribution in [0.25, 0.3) is 0 Å². The quantitative estimate of drug-likeness (QED) is 0.738. The van der Waals surface area contributed by atoms with Crippen LogP contribution in [0.4, 0.5) is 0 Å². The van der Waals surface area contributed by atoms with Gasteiger partial charge in [-0.3, -0.25) is 0 Å². The highest BCUT2D eigenvalue weighted by Gasteiger charge is 2.30. The molecule has 74 valence electrons. The van der Waals surface area contributed by atoms with Gasteiger partial charge in [-0.05, 0) is 12.1 Å². The van der Waals surface area contributed by atoms with Gasteiger partial charge in [0.05, 0.1) is 4.90 Å². The highest BCUT2D eigenvalue weighted by Crippen LogP contribution is 2.20. The van der Waals surface area contributed by atoms with Crippen molar-refractivity contribution in [3.8, 4) is 0 Å². The molecule has 0 fully saturated rings. The lowest BCUT2D eigenvalue weighted by atomic mass is 10.4. The fraction of sp³-hybridized carbons (Fsp3) is 0.222. The largest absolute Gasteiger partial charge is 0.376 e. The van der Waals surface area contributed by atoms with E-state index < -0.39 is 15.3 Å². The van der Waals surface area contributed by atoms with Gasteiger partial charge in [-0.2, -0.15) is 0 Å². The maximum Gasteiger partial charge on any atom is 0.236 e. The van der Waals surface area contributed by atoms with Crippen molar-refractivity contribution < 1.29 is 13.3 Å². The Kier molecular flexibility index (Phi) is 2.25. The van der Waals surface area contributed by atoms with E-state index >= 15 is 0 Å². The van der Waals surface area contributed by atoms with E-state index in [0.29, 0.717) is 6.42 Å². The minimum atomic E-state index is -3.39. The fourth-order valence-corrected chi connectivity index (χ4v) is 2.57. The van der Waals surface area contributed by atoms with Crippen molar-refractivity contribution in [2.24, 2.45) is 5.16 Å². The second-order valence-corrected chi connectivity index (χ2v) is 5.00. The first kappa shape index (κ1) is 9.21. The summed E-state index contributed by atoms with van der Waals surface area (Å²) in [5.74, 6) is 0. The molecule has 0 aromatic heterocycles. The molecule has 1 unspecified atom stereocenters. The molecule has 1 atom stereocenters. The zero-order valence-corrected chi connectivity index (χ0v) is 8.15. The van der Waals surface area contributed by atoms with E-state index in [9.17, 15) is 8.42 Å². The van der Waals surface area contributed by atoms with Crippen LogP contribution in [0.5, 0.6) is 0 Å². The van der Waals surface area contributed by atoms with E-state index in [1.165, 1.54) is 6.21 Å². The first-order valence-corrected chi connectivity index (χ1v) is 5.72. The Morgan fingerprint density at radius 3 is 2.57 bits per heavy atom. The van der Waals surface area contributed by atoms with Crippen molar-refractivity contribution in [3.05, 3.63) is 30.3 Å². The van der Waals surface area contributed by atoms with Gasteiger partial charge in [-0.25, -0.2) is 8.42 Å². The Labute approximate surface area is 82.1 Å². The topological polar surface area (TPSA) is 55.7 Å². The molecule has 0 saturated carbocycles. The molecule has 0 radical (unpaired) electrons. The standard InChI is InChI=1S/C9H9NO3S/c11-14(12,9-6-7-10-13-9)8-4-2-1-3-5-8/h1-5,7,9H,6H2. The number of sulfone groups is 1. The predicted octanol–water partition coefficient (Wildman–Crippen LogP) is 1.19. The minimum Gasteiger partial charge on any atom is -0.376 e. The van der Waals surface area contributed by atoms with Gasteiger partial charge in [-0.1, -0.05) is 23.4 Å². The van der Waals surface area contributed by atoms with Gasteiger partial charge < -0.3 is 4.84 Å². The van der Waals surface area contributed by atoms with Crippen molar-refractivity contribution in [1.29, 1.82) is 0 Å². The summed E-state index contributed by atoms with van der Waals surface area (Å²) in [5.41, 5.74) is -0.857. The zero-order chi connectivity index (χ0) is 10.0. The summed E-state index contributed by atoms with van der Waals surface area (Å²) in [5, 5.41) is 3.45. The van der Waals surface area contributed by atoms with Gasteiger partial charge >= 0.3 is 0 Å². The van der Waals surface area contributed by atoms with Crippen LogP contribution >= 0.6 is 0 Å². The minimum absolute atomic E-state index is 0.274. The third-order valence-corrected chi connectivity index (χ3v) is 3.87. The number of hydrogen-bond donors (Lipinski definition) is 0. The second-order valence-electron chi connectivity index (χ2n) is 2.92. The molecule has 5 heteroatoms. The SMILES string of the molecule is O=S(=O)(c1ccccc1)C1CC=NO1. The molecule has 1 aromatic rings. The molecule has 1 aliphatic heterocycles. The average molecular weight is 211 g/mol. The Morgan fingerprint density at radius 1 is 1.29 bits per heavy atom. The van der Waals surface area contributed by atoms with Crippen molar-refractivity contribution in [1.82, 2.24) is 0 Å². The van der Waals surface area contributed by atoms with Crippen LogP contribution in [0.1, 0.15) is 6.42 Å². The van der Waals surface area contributed by atoms with Crippen LogP contribution in [0.3, 0.4) is 0 Å². The molecule has 1 aromatic carbocycles. The van der Waals surface area contributed by atoms with Gasteiger partial charge in [0.25, 0.3) is 0 Å². The molecular weight excluding hydrogens is 202 g/mol. The molecule has 4 nitrogen and oxygen atoms in total. The number of nitrogens with zero attached hydrogens (tertiary/aromatic N) is 1. The van der Waals surface area contributed by atoms with Crippen molar-refractivity contribution in [2.75, 3.05) is 0 Å². The molecule has 2 rings (SSSR count). The Morgan fingerprint density at radius 2 is 2.00 bits per heavy atom. The first-order chi connectivity index (χ1) is 6.71. The smallest absolute Gasteiger partial charge is 0.236 e. The number of oxime groups is 1. The summed E-state index contributed by atoms with van der Waals surface area (Å²) in [6.07, 6.45) is 1.78.